The van der Waals surface area contributed by atoms with Crippen LogP contribution in [0.15, 0.2) is 72.8 Å². The summed E-state index contributed by atoms with van der Waals surface area (Å²) in [5, 5.41) is 17.1. The second kappa shape index (κ2) is 10.0. The summed E-state index contributed by atoms with van der Waals surface area (Å²) in [6.07, 6.45) is 0. The molecule has 2 N–H and O–H groups in total. The third kappa shape index (κ3) is 4.17. The first-order valence-corrected chi connectivity index (χ1v) is 13.9. The minimum atomic E-state index is -0.863. The quantitative estimate of drug-likeness (QED) is 0.275. The fraction of sp³-hybridized carbons (Fsp3) is 0.185. The van der Waals surface area contributed by atoms with Crippen molar-refractivity contribution in [3.63, 3.8) is 0 Å². The number of nitrogens with zero attached hydrogens (tertiary/aromatic N) is 8. The normalized spacial score (nSPS) is 11.6. The molecule has 196 valence electrons. The van der Waals surface area contributed by atoms with E-state index >= 15 is 0 Å². The van der Waals surface area contributed by atoms with Gasteiger partial charge in [0.2, 0.25) is 0 Å². The molecule has 6 rings (SSSR count). The van der Waals surface area contributed by atoms with Crippen molar-refractivity contribution in [2.24, 2.45) is 0 Å². The van der Waals surface area contributed by atoms with Crippen LogP contribution in [0.3, 0.4) is 0 Å². The van der Waals surface area contributed by atoms with Gasteiger partial charge < -0.3 is 10.6 Å². The molecule has 4 heterocycles. The molecule has 10 nitrogen and oxygen atoms in total. The minimum Gasteiger partial charge on any atom is -0.373 e. The number of aryl methyl sites for hydroxylation is 2. The maximum Gasteiger partial charge on any atom is 0.264 e. The van der Waals surface area contributed by atoms with Gasteiger partial charge in [-0.25, -0.2) is 9.97 Å². The Kier molecular flexibility index (Phi) is 6.41. The van der Waals surface area contributed by atoms with E-state index in [-0.39, 0.29) is 0 Å². The Morgan fingerprint density at radius 1 is 0.641 bits per heavy atom. The number of benzene rings is 2. The monoisotopic (exact) mass is 554 g/mol. The van der Waals surface area contributed by atoms with Gasteiger partial charge in [-0.1, -0.05) is 60.7 Å². The highest BCUT2D eigenvalue weighted by Crippen LogP contribution is 2.46. The van der Waals surface area contributed by atoms with Crippen molar-refractivity contribution in [1.29, 1.82) is 0 Å². The molecule has 0 bridgehead atoms. The van der Waals surface area contributed by atoms with Gasteiger partial charge in [-0.2, -0.15) is 28.3 Å². The van der Waals surface area contributed by atoms with Crippen LogP contribution in [0.1, 0.15) is 32.5 Å². The molecule has 0 aliphatic rings. The zero-order valence-electron chi connectivity index (χ0n) is 21.8. The second-order valence-electron chi connectivity index (χ2n) is 8.95. The average Bonchev–Trinajstić information content (AvgIpc) is 3.77. The SMILES string of the molecule is CNc1cc(C)nn1-c1nsc(C(c2ccccc2)(c2ccccc2)c2nc(-n3nc(C)cc3NC)ns2)n1. The number of hydrogen-bond acceptors (Lipinski definition) is 10. The van der Waals surface area contributed by atoms with Crippen LogP contribution in [0.5, 0.6) is 0 Å². The summed E-state index contributed by atoms with van der Waals surface area (Å²) in [7, 11) is 3.72. The highest BCUT2D eigenvalue weighted by molar-refractivity contribution is 7.07. The third-order valence-corrected chi connectivity index (χ3v) is 8.09. The van der Waals surface area contributed by atoms with Gasteiger partial charge in [0.05, 0.1) is 11.4 Å². The number of anilines is 2. The standard InChI is InChI=1S/C27H26N10S2/c1-17-15-21(28-3)36(32-17)25-30-23(38-34-25)27(19-11-7-5-8-12-19,20-13-9-6-10-14-20)24-31-26(35-39-24)37-22(29-4)16-18(2)33-37/h5-16,28-29H,1-4H3. The summed E-state index contributed by atoms with van der Waals surface area (Å²) in [4.78, 5) is 10.2. The Balaban J connectivity index is 1.62. The average molecular weight is 555 g/mol. The molecule has 0 saturated heterocycles. The Labute approximate surface area is 233 Å². The Morgan fingerprint density at radius 2 is 1.05 bits per heavy atom. The fourth-order valence-electron chi connectivity index (χ4n) is 4.70. The van der Waals surface area contributed by atoms with Crippen LogP contribution < -0.4 is 10.6 Å². The first kappa shape index (κ1) is 24.9. The predicted molar refractivity (Wildman–Crippen MR) is 154 cm³/mol. The van der Waals surface area contributed by atoms with E-state index in [2.05, 4.69) is 45.1 Å². The third-order valence-electron chi connectivity index (χ3n) is 6.44. The molecule has 39 heavy (non-hydrogen) atoms. The van der Waals surface area contributed by atoms with Crippen LogP contribution in [0.25, 0.3) is 11.9 Å². The molecule has 0 unspecified atom stereocenters. The number of rotatable bonds is 8. The molecule has 6 aromatic rings. The van der Waals surface area contributed by atoms with Gasteiger partial charge in [0.25, 0.3) is 11.9 Å². The molecule has 0 spiro atoms. The van der Waals surface area contributed by atoms with Gasteiger partial charge in [0, 0.05) is 26.2 Å². The molecule has 0 fully saturated rings. The lowest BCUT2D eigenvalue weighted by atomic mass is 9.75. The van der Waals surface area contributed by atoms with E-state index in [0.29, 0.717) is 11.9 Å². The van der Waals surface area contributed by atoms with Gasteiger partial charge in [-0.15, -0.1) is 0 Å². The van der Waals surface area contributed by atoms with E-state index in [1.165, 1.54) is 23.1 Å². The highest BCUT2D eigenvalue weighted by atomic mass is 32.1. The maximum atomic E-state index is 5.10. The Bertz CT molecular complexity index is 1590. The lowest BCUT2D eigenvalue weighted by Gasteiger charge is -2.30. The van der Waals surface area contributed by atoms with Crippen LogP contribution in [0.2, 0.25) is 0 Å². The Hall–Kier alpha value is -4.42. The van der Waals surface area contributed by atoms with Crippen molar-refractivity contribution in [1.82, 2.24) is 38.3 Å². The predicted octanol–water partition coefficient (Wildman–Crippen LogP) is 4.84. The van der Waals surface area contributed by atoms with Gasteiger partial charge in [-0.05, 0) is 48.0 Å². The van der Waals surface area contributed by atoms with Crippen LogP contribution in [-0.4, -0.2) is 52.4 Å². The summed E-state index contributed by atoms with van der Waals surface area (Å²) in [5.74, 6) is 2.62. The van der Waals surface area contributed by atoms with E-state index in [9.17, 15) is 0 Å². The van der Waals surface area contributed by atoms with Crippen LogP contribution in [0, 0.1) is 13.8 Å². The van der Waals surface area contributed by atoms with Crippen molar-refractivity contribution < 1.29 is 0 Å². The van der Waals surface area contributed by atoms with Crippen molar-refractivity contribution in [3.8, 4) is 11.9 Å². The van der Waals surface area contributed by atoms with Gasteiger partial charge in [0.1, 0.15) is 27.1 Å². The molecular weight excluding hydrogens is 529 g/mol. The zero-order valence-corrected chi connectivity index (χ0v) is 23.5. The van der Waals surface area contributed by atoms with Crippen LogP contribution >= 0.6 is 23.1 Å². The van der Waals surface area contributed by atoms with Gasteiger partial charge in [0.15, 0.2) is 0 Å². The highest BCUT2D eigenvalue weighted by Gasteiger charge is 2.45. The second-order valence-corrected chi connectivity index (χ2v) is 10.5. The summed E-state index contributed by atoms with van der Waals surface area (Å²) in [6.45, 7) is 3.89. The van der Waals surface area contributed by atoms with Gasteiger partial charge in [-0.3, -0.25) is 0 Å². The summed E-state index contributed by atoms with van der Waals surface area (Å²) in [6, 6.07) is 24.5. The maximum absolute atomic E-state index is 5.10. The van der Waals surface area contributed by atoms with Crippen molar-refractivity contribution in [2.75, 3.05) is 24.7 Å². The molecule has 0 saturated carbocycles. The van der Waals surface area contributed by atoms with Crippen molar-refractivity contribution >= 4 is 34.7 Å². The van der Waals surface area contributed by atoms with Crippen LogP contribution in [-0.2, 0) is 5.41 Å². The molecular formula is C27H26N10S2. The van der Waals surface area contributed by atoms with E-state index in [1.54, 1.807) is 9.36 Å². The largest absolute Gasteiger partial charge is 0.373 e. The van der Waals surface area contributed by atoms with Crippen molar-refractivity contribution in [2.45, 2.75) is 19.3 Å². The Morgan fingerprint density at radius 3 is 1.44 bits per heavy atom. The molecule has 0 amide bonds. The molecule has 4 aromatic heterocycles. The summed E-state index contributed by atoms with van der Waals surface area (Å²) in [5.41, 5.74) is 2.90. The van der Waals surface area contributed by atoms with E-state index in [1.807, 2.05) is 76.5 Å². The lowest BCUT2D eigenvalue weighted by molar-refractivity contribution is 0.709. The van der Waals surface area contributed by atoms with E-state index < -0.39 is 5.41 Å². The molecule has 0 aliphatic carbocycles. The summed E-state index contributed by atoms with van der Waals surface area (Å²) >= 11 is 2.67. The molecule has 12 heteroatoms. The first-order chi connectivity index (χ1) is 19.0. The smallest absolute Gasteiger partial charge is 0.264 e. The molecule has 0 radical (unpaired) electrons. The lowest BCUT2D eigenvalue weighted by Crippen LogP contribution is -2.31. The number of hydrogen-bond donors (Lipinski definition) is 2. The van der Waals surface area contributed by atoms with E-state index in [4.69, 9.17) is 18.7 Å². The minimum absolute atomic E-state index is 0.494. The van der Waals surface area contributed by atoms with Gasteiger partial charge >= 0.3 is 0 Å². The number of nitrogens with one attached hydrogen (secondary N) is 2. The fourth-order valence-corrected chi connectivity index (χ4v) is 6.52. The molecule has 0 aliphatic heterocycles. The zero-order chi connectivity index (χ0) is 27.0. The topological polar surface area (TPSA) is 111 Å². The molecule has 2 aromatic carbocycles. The van der Waals surface area contributed by atoms with Crippen LogP contribution in [0.4, 0.5) is 11.6 Å². The van der Waals surface area contributed by atoms with Crippen molar-refractivity contribution in [3.05, 3.63) is 105 Å². The number of aromatic nitrogens is 8. The first-order valence-electron chi connectivity index (χ1n) is 12.3. The summed E-state index contributed by atoms with van der Waals surface area (Å²) < 4.78 is 13.0. The molecule has 0 atom stereocenters. The van der Waals surface area contributed by atoms with E-state index in [0.717, 1.165) is 44.2 Å².